The first-order valence-electron chi connectivity index (χ1n) is 7.83. The van der Waals surface area contributed by atoms with Crippen molar-refractivity contribution in [1.82, 2.24) is 14.5 Å². The molecule has 0 saturated carbocycles. The molecule has 1 N–H and O–H groups in total. The Bertz CT molecular complexity index is 786. The highest BCUT2D eigenvalue weighted by Gasteiger charge is 2.25. The minimum atomic E-state index is -3.52. The van der Waals surface area contributed by atoms with Gasteiger partial charge in [-0.1, -0.05) is 36.4 Å². The van der Waals surface area contributed by atoms with Gasteiger partial charge in [-0.05, 0) is 25.5 Å². The lowest BCUT2D eigenvalue weighted by atomic mass is 10.1. The van der Waals surface area contributed by atoms with E-state index in [2.05, 4.69) is 21.6 Å². The normalized spacial score (nSPS) is 20.9. The van der Waals surface area contributed by atoms with E-state index in [4.69, 9.17) is 0 Å². The summed E-state index contributed by atoms with van der Waals surface area (Å²) in [6.45, 7) is 3.27. The van der Waals surface area contributed by atoms with Crippen LogP contribution in [-0.2, 0) is 10.0 Å². The number of fused-ring (bicyclic) bond motifs is 1. The lowest BCUT2D eigenvalue weighted by Gasteiger charge is -2.37. The van der Waals surface area contributed by atoms with Gasteiger partial charge in [-0.2, -0.15) is 0 Å². The Kier molecular flexibility index (Phi) is 4.68. The van der Waals surface area contributed by atoms with Crippen molar-refractivity contribution >= 4 is 20.8 Å². The molecule has 1 aliphatic rings. The largest absolute Gasteiger partial charge is 0.303 e. The molecule has 1 heterocycles. The summed E-state index contributed by atoms with van der Waals surface area (Å²) in [6, 6.07) is 13.1. The van der Waals surface area contributed by atoms with E-state index in [1.165, 1.54) is 0 Å². The van der Waals surface area contributed by atoms with Crippen molar-refractivity contribution in [2.45, 2.75) is 10.9 Å². The highest BCUT2D eigenvalue weighted by molar-refractivity contribution is 7.89. The topological polar surface area (TPSA) is 52.6 Å². The molecule has 0 amide bonds. The number of nitrogens with zero attached hydrogens (tertiary/aromatic N) is 2. The van der Waals surface area contributed by atoms with Crippen LogP contribution in [0.1, 0.15) is 0 Å². The maximum atomic E-state index is 12.7. The van der Waals surface area contributed by atoms with Crippen LogP contribution >= 0.6 is 0 Å². The molecular formula is C17H23N3O2S. The fourth-order valence-electron chi connectivity index (χ4n) is 3.04. The van der Waals surface area contributed by atoms with E-state index in [1.54, 1.807) is 12.1 Å². The average molecular weight is 333 g/mol. The van der Waals surface area contributed by atoms with Crippen LogP contribution in [0.25, 0.3) is 10.8 Å². The van der Waals surface area contributed by atoms with Crippen LogP contribution < -0.4 is 4.72 Å². The number of hydrogen-bond donors (Lipinski definition) is 1. The molecule has 5 nitrogen and oxygen atoms in total. The highest BCUT2D eigenvalue weighted by Crippen LogP contribution is 2.22. The van der Waals surface area contributed by atoms with Gasteiger partial charge < -0.3 is 4.90 Å². The van der Waals surface area contributed by atoms with E-state index in [1.807, 2.05) is 37.4 Å². The molecule has 23 heavy (non-hydrogen) atoms. The summed E-state index contributed by atoms with van der Waals surface area (Å²) >= 11 is 0. The number of hydrogen-bond acceptors (Lipinski definition) is 4. The van der Waals surface area contributed by atoms with Crippen molar-refractivity contribution in [2.24, 2.45) is 0 Å². The van der Waals surface area contributed by atoms with E-state index in [9.17, 15) is 8.42 Å². The third-order valence-electron chi connectivity index (χ3n) is 4.53. The summed E-state index contributed by atoms with van der Waals surface area (Å²) in [5, 5.41) is 1.70. The summed E-state index contributed by atoms with van der Waals surface area (Å²) in [6.07, 6.45) is 0. The fourth-order valence-corrected chi connectivity index (χ4v) is 4.34. The molecule has 124 valence electrons. The van der Waals surface area contributed by atoms with Gasteiger partial charge in [-0.15, -0.1) is 0 Å². The van der Waals surface area contributed by atoms with Gasteiger partial charge >= 0.3 is 0 Å². The highest BCUT2D eigenvalue weighted by atomic mass is 32.2. The Labute approximate surface area is 137 Å². The van der Waals surface area contributed by atoms with E-state index in [0.29, 0.717) is 11.4 Å². The molecule has 0 aromatic heterocycles. The van der Waals surface area contributed by atoms with Gasteiger partial charge in [0.15, 0.2) is 0 Å². The van der Waals surface area contributed by atoms with Crippen LogP contribution in [0.4, 0.5) is 0 Å². The van der Waals surface area contributed by atoms with Gasteiger partial charge in [0, 0.05) is 37.6 Å². The number of sulfonamides is 1. The van der Waals surface area contributed by atoms with Gasteiger partial charge in [-0.3, -0.25) is 4.90 Å². The first-order chi connectivity index (χ1) is 11.0. The first-order valence-corrected chi connectivity index (χ1v) is 9.32. The van der Waals surface area contributed by atoms with Crippen LogP contribution in [0, 0.1) is 0 Å². The predicted octanol–water partition coefficient (Wildman–Crippen LogP) is 1.36. The summed E-state index contributed by atoms with van der Waals surface area (Å²) in [7, 11) is 0.592. The second-order valence-electron chi connectivity index (χ2n) is 6.23. The zero-order valence-corrected chi connectivity index (χ0v) is 14.4. The van der Waals surface area contributed by atoms with E-state index in [0.717, 1.165) is 30.4 Å². The quantitative estimate of drug-likeness (QED) is 0.918. The van der Waals surface area contributed by atoms with Crippen LogP contribution in [0.15, 0.2) is 47.4 Å². The first kappa shape index (κ1) is 16.4. The summed E-state index contributed by atoms with van der Waals surface area (Å²) < 4.78 is 28.3. The number of likely N-dealkylation sites (N-methyl/N-ethyl adjacent to an activating group) is 2. The number of nitrogens with one attached hydrogen (secondary N) is 1. The van der Waals surface area contributed by atoms with E-state index >= 15 is 0 Å². The van der Waals surface area contributed by atoms with Gasteiger partial charge in [0.25, 0.3) is 0 Å². The number of benzene rings is 2. The minimum absolute atomic E-state index is 0.193. The molecular weight excluding hydrogens is 310 g/mol. The Balaban J connectivity index is 1.81. The standard InChI is InChI=1S/C17H23N3O2S/c1-19-10-11-20(2)15(13-19)12-18-23(21,22)17-9-5-7-14-6-3-4-8-16(14)17/h3-9,15,18H,10-13H2,1-2H3/t15-/m0/s1. The zero-order chi connectivity index (χ0) is 16.4. The molecule has 1 atom stereocenters. The molecule has 0 aliphatic carbocycles. The lowest BCUT2D eigenvalue weighted by molar-refractivity contribution is 0.117. The fraction of sp³-hybridized carbons (Fsp3) is 0.412. The Morgan fingerprint density at radius 1 is 1.09 bits per heavy atom. The molecule has 0 radical (unpaired) electrons. The molecule has 2 aromatic rings. The SMILES string of the molecule is CN1CCN(C)[C@@H](CNS(=O)(=O)c2cccc3ccccc23)C1. The van der Waals surface area contributed by atoms with Gasteiger partial charge in [0.1, 0.15) is 0 Å². The maximum absolute atomic E-state index is 12.7. The van der Waals surface area contributed by atoms with Crippen LogP contribution in [0.3, 0.4) is 0 Å². The van der Waals surface area contributed by atoms with E-state index < -0.39 is 10.0 Å². The maximum Gasteiger partial charge on any atom is 0.241 e. The van der Waals surface area contributed by atoms with Crippen molar-refractivity contribution in [2.75, 3.05) is 40.3 Å². The molecule has 2 aromatic carbocycles. The molecule has 0 bridgehead atoms. The van der Waals surface area contributed by atoms with Crippen molar-refractivity contribution in [3.63, 3.8) is 0 Å². The van der Waals surface area contributed by atoms with Crippen molar-refractivity contribution in [3.8, 4) is 0 Å². The third kappa shape index (κ3) is 3.55. The molecule has 3 rings (SSSR count). The Morgan fingerprint density at radius 3 is 2.65 bits per heavy atom. The second-order valence-corrected chi connectivity index (χ2v) is 7.96. The summed E-state index contributed by atoms with van der Waals surface area (Å²) in [5.41, 5.74) is 0. The Hall–Kier alpha value is -1.47. The van der Waals surface area contributed by atoms with Crippen LogP contribution in [-0.4, -0.2) is 64.5 Å². The third-order valence-corrected chi connectivity index (χ3v) is 6.01. The van der Waals surface area contributed by atoms with Crippen molar-refractivity contribution < 1.29 is 8.42 Å². The Morgan fingerprint density at radius 2 is 1.83 bits per heavy atom. The second kappa shape index (κ2) is 6.57. The van der Waals surface area contributed by atoms with Crippen LogP contribution in [0.5, 0.6) is 0 Å². The van der Waals surface area contributed by atoms with Crippen molar-refractivity contribution in [3.05, 3.63) is 42.5 Å². The number of rotatable bonds is 4. The predicted molar refractivity (Wildman–Crippen MR) is 93.1 cm³/mol. The summed E-state index contributed by atoms with van der Waals surface area (Å²) in [4.78, 5) is 4.80. The van der Waals surface area contributed by atoms with Crippen LogP contribution in [0.2, 0.25) is 0 Å². The molecule has 6 heteroatoms. The molecule has 1 aliphatic heterocycles. The lowest BCUT2D eigenvalue weighted by Crippen LogP contribution is -2.54. The molecule has 0 unspecified atom stereocenters. The van der Waals surface area contributed by atoms with Gasteiger partial charge in [0.2, 0.25) is 10.0 Å². The van der Waals surface area contributed by atoms with Gasteiger partial charge in [-0.25, -0.2) is 13.1 Å². The molecule has 0 spiro atoms. The number of piperazine rings is 1. The average Bonchev–Trinajstić information content (AvgIpc) is 2.55. The van der Waals surface area contributed by atoms with E-state index in [-0.39, 0.29) is 6.04 Å². The molecule has 1 fully saturated rings. The van der Waals surface area contributed by atoms with Crippen molar-refractivity contribution in [1.29, 1.82) is 0 Å². The smallest absolute Gasteiger partial charge is 0.241 e. The molecule has 1 saturated heterocycles. The summed E-state index contributed by atoms with van der Waals surface area (Å²) in [5.74, 6) is 0. The minimum Gasteiger partial charge on any atom is -0.303 e. The van der Waals surface area contributed by atoms with Gasteiger partial charge in [0.05, 0.1) is 4.90 Å². The monoisotopic (exact) mass is 333 g/mol. The zero-order valence-electron chi connectivity index (χ0n) is 13.6.